The Hall–Kier alpha value is -1.41. The highest BCUT2D eigenvalue weighted by molar-refractivity contribution is 5.81. The van der Waals surface area contributed by atoms with Crippen molar-refractivity contribution in [2.45, 2.75) is 51.6 Å². The summed E-state index contributed by atoms with van der Waals surface area (Å²) in [5, 5.41) is 12.0. The second-order valence-corrected chi connectivity index (χ2v) is 6.13. The average Bonchev–Trinajstić information content (AvgIpc) is 2.98. The Kier molecular flexibility index (Phi) is 3.75. The maximum Gasteiger partial charge on any atom is 0.0704 e. The summed E-state index contributed by atoms with van der Waals surface area (Å²) >= 11 is 0. The van der Waals surface area contributed by atoms with Gasteiger partial charge in [-0.2, -0.15) is 0 Å². The Morgan fingerprint density at radius 2 is 1.95 bits per heavy atom. The molecule has 1 heterocycles. The first kappa shape index (κ1) is 13.6. The summed E-state index contributed by atoms with van der Waals surface area (Å²) in [7, 11) is 0. The Bertz CT molecular complexity index is 581. The lowest BCUT2D eigenvalue weighted by Gasteiger charge is -2.33. The zero-order valence-electron chi connectivity index (χ0n) is 12.2. The van der Waals surface area contributed by atoms with Crippen LogP contribution in [0.15, 0.2) is 36.5 Å². The summed E-state index contributed by atoms with van der Waals surface area (Å²) in [5.74, 6) is 0. The number of rotatable bonds is 4. The lowest BCUT2D eigenvalue weighted by atomic mass is 9.75. The van der Waals surface area contributed by atoms with Crippen molar-refractivity contribution in [1.29, 1.82) is 0 Å². The predicted molar refractivity (Wildman–Crippen MR) is 82.6 cm³/mol. The van der Waals surface area contributed by atoms with E-state index < -0.39 is 0 Å². The molecule has 2 heteroatoms. The molecule has 1 N–H and O–H groups in total. The van der Waals surface area contributed by atoms with Gasteiger partial charge >= 0.3 is 0 Å². The molecule has 1 unspecified atom stereocenters. The molecule has 3 rings (SSSR count). The molecule has 1 aliphatic carbocycles. The second-order valence-electron chi connectivity index (χ2n) is 6.13. The Morgan fingerprint density at radius 3 is 2.70 bits per heavy atom. The molecule has 0 spiro atoms. The number of aliphatic hydroxyl groups excluding tert-OH is 1. The molecule has 0 bridgehead atoms. The zero-order valence-corrected chi connectivity index (χ0v) is 12.2. The second kappa shape index (κ2) is 5.53. The lowest BCUT2D eigenvalue weighted by Crippen LogP contribution is -2.33. The molecular weight excluding hydrogens is 246 g/mol. The van der Waals surface area contributed by atoms with Gasteiger partial charge < -0.3 is 5.11 Å². The van der Waals surface area contributed by atoms with E-state index in [1.54, 1.807) is 0 Å². The molecule has 1 atom stereocenters. The van der Waals surface area contributed by atoms with E-state index in [-0.39, 0.29) is 11.5 Å². The van der Waals surface area contributed by atoms with E-state index in [2.05, 4.69) is 24.0 Å². The van der Waals surface area contributed by atoms with Crippen LogP contribution in [0.25, 0.3) is 10.9 Å². The Balaban J connectivity index is 1.89. The first-order chi connectivity index (χ1) is 9.75. The maximum absolute atomic E-state index is 10.8. The van der Waals surface area contributed by atoms with Gasteiger partial charge in [0.05, 0.1) is 11.6 Å². The maximum atomic E-state index is 10.8. The minimum atomic E-state index is -0.235. The molecule has 1 aromatic heterocycles. The summed E-state index contributed by atoms with van der Waals surface area (Å²) in [6, 6.07) is 10.3. The van der Waals surface area contributed by atoms with Crippen LogP contribution in [0, 0.1) is 5.41 Å². The van der Waals surface area contributed by atoms with Gasteiger partial charge in [0.2, 0.25) is 0 Å². The molecule has 1 saturated carbocycles. The van der Waals surface area contributed by atoms with Gasteiger partial charge in [0.15, 0.2) is 0 Å². The number of fused-ring (bicyclic) bond motifs is 1. The molecule has 1 aromatic carbocycles. The molecule has 0 radical (unpaired) electrons. The summed E-state index contributed by atoms with van der Waals surface area (Å²) in [5.41, 5.74) is 2.39. The van der Waals surface area contributed by atoms with E-state index in [1.807, 2.05) is 24.4 Å². The number of benzene rings is 1. The number of para-hydroxylation sites is 1. The summed E-state index contributed by atoms with van der Waals surface area (Å²) in [6.45, 7) is 2.22. The smallest absolute Gasteiger partial charge is 0.0704 e. The van der Waals surface area contributed by atoms with Crippen molar-refractivity contribution in [2.75, 3.05) is 0 Å². The fraction of sp³-hybridized carbons (Fsp3) is 0.500. The van der Waals surface area contributed by atoms with E-state index in [4.69, 9.17) is 0 Å². The highest BCUT2D eigenvalue weighted by Crippen LogP contribution is 2.44. The van der Waals surface area contributed by atoms with Crippen LogP contribution < -0.4 is 0 Å². The van der Waals surface area contributed by atoms with E-state index in [0.29, 0.717) is 0 Å². The third kappa shape index (κ3) is 2.33. The van der Waals surface area contributed by atoms with Crippen LogP contribution in [-0.4, -0.2) is 16.2 Å². The fourth-order valence-corrected chi connectivity index (χ4v) is 3.76. The van der Waals surface area contributed by atoms with Crippen LogP contribution in [0.3, 0.4) is 0 Å². The number of hydrogen-bond donors (Lipinski definition) is 1. The molecule has 0 amide bonds. The first-order valence-corrected chi connectivity index (χ1v) is 7.76. The molecule has 1 aliphatic rings. The topological polar surface area (TPSA) is 33.1 Å². The number of aromatic nitrogens is 1. The SMILES string of the molecule is CCC1(C(O)Cc2ccnc3ccccc23)CCCC1. The van der Waals surface area contributed by atoms with Gasteiger partial charge in [-0.25, -0.2) is 0 Å². The normalized spacial score (nSPS) is 19.3. The van der Waals surface area contributed by atoms with Crippen LogP contribution in [0.5, 0.6) is 0 Å². The quantitative estimate of drug-likeness (QED) is 0.906. The minimum Gasteiger partial charge on any atom is -0.392 e. The van der Waals surface area contributed by atoms with Crippen molar-refractivity contribution in [3.05, 3.63) is 42.1 Å². The van der Waals surface area contributed by atoms with Gasteiger partial charge in [-0.3, -0.25) is 4.98 Å². The highest BCUT2D eigenvalue weighted by Gasteiger charge is 2.38. The van der Waals surface area contributed by atoms with Crippen LogP contribution in [0.2, 0.25) is 0 Å². The highest BCUT2D eigenvalue weighted by atomic mass is 16.3. The largest absolute Gasteiger partial charge is 0.392 e. The third-order valence-corrected chi connectivity index (χ3v) is 5.16. The van der Waals surface area contributed by atoms with Crippen molar-refractivity contribution in [3.8, 4) is 0 Å². The van der Waals surface area contributed by atoms with Crippen LogP contribution in [-0.2, 0) is 6.42 Å². The van der Waals surface area contributed by atoms with Gasteiger partial charge in [-0.1, -0.05) is 38.0 Å². The third-order valence-electron chi connectivity index (χ3n) is 5.16. The number of hydrogen-bond acceptors (Lipinski definition) is 2. The molecule has 106 valence electrons. The standard InChI is InChI=1S/C18H23NO/c1-2-18(10-5-6-11-18)17(20)13-14-9-12-19-16-8-4-3-7-15(14)16/h3-4,7-9,12,17,20H,2,5-6,10-11,13H2,1H3. The summed E-state index contributed by atoms with van der Waals surface area (Å²) in [4.78, 5) is 4.40. The molecular formula is C18H23NO. The van der Waals surface area contributed by atoms with Gasteiger partial charge in [0.1, 0.15) is 0 Å². The summed E-state index contributed by atoms with van der Waals surface area (Å²) in [6.07, 6.45) is 8.33. The van der Waals surface area contributed by atoms with E-state index >= 15 is 0 Å². The van der Waals surface area contributed by atoms with Gasteiger partial charge in [0.25, 0.3) is 0 Å². The first-order valence-electron chi connectivity index (χ1n) is 7.76. The molecule has 2 nitrogen and oxygen atoms in total. The molecule has 0 aliphatic heterocycles. The lowest BCUT2D eigenvalue weighted by molar-refractivity contribution is 0.0259. The van der Waals surface area contributed by atoms with Crippen molar-refractivity contribution < 1.29 is 5.11 Å². The van der Waals surface area contributed by atoms with Crippen molar-refractivity contribution >= 4 is 10.9 Å². The van der Waals surface area contributed by atoms with Crippen LogP contribution in [0.4, 0.5) is 0 Å². The molecule has 1 fully saturated rings. The zero-order chi connectivity index (χ0) is 14.0. The minimum absolute atomic E-state index is 0.143. The Morgan fingerprint density at radius 1 is 1.20 bits per heavy atom. The van der Waals surface area contributed by atoms with Gasteiger partial charge in [-0.15, -0.1) is 0 Å². The van der Waals surface area contributed by atoms with Crippen LogP contribution >= 0.6 is 0 Å². The Labute approximate surface area is 120 Å². The number of pyridine rings is 1. The summed E-state index contributed by atoms with van der Waals surface area (Å²) < 4.78 is 0. The predicted octanol–water partition coefficient (Wildman–Crippen LogP) is 4.11. The monoisotopic (exact) mass is 269 g/mol. The number of nitrogens with zero attached hydrogens (tertiary/aromatic N) is 1. The molecule has 20 heavy (non-hydrogen) atoms. The van der Waals surface area contributed by atoms with Crippen molar-refractivity contribution in [3.63, 3.8) is 0 Å². The van der Waals surface area contributed by atoms with Gasteiger partial charge in [-0.05, 0) is 48.8 Å². The van der Waals surface area contributed by atoms with Crippen LogP contribution in [0.1, 0.15) is 44.6 Å². The van der Waals surface area contributed by atoms with Gasteiger partial charge in [0, 0.05) is 11.6 Å². The van der Waals surface area contributed by atoms with Crippen molar-refractivity contribution in [2.24, 2.45) is 5.41 Å². The van der Waals surface area contributed by atoms with E-state index in [0.717, 1.165) is 18.4 Å². The molecule has 2 aromatic rings. The van der Waals surface area contributed by atoms with E-state index in [1.165, 1.54) is 36.6 Å². The molecule has 0 saturated heterocycles. The fourth-order valence-electron chi connectivity index (χ4n) is 3.76. The van der Waals surface area contributed by atoms with E-state index in [9.17, 15) is 5.11 Å². The number of aliphatic hydroxyl groups is 1. The van der Waals surface area contributed by atoms with Crippen molar-refractivity contribution in [1.82, 2.24) is 4.98 Å². The average molecular weight is 269 g/mol.